The van der Waals surface area contributed by atoms with Gasteiger partial charge in [0, 0.05) is 24.6 Å². The molecule has 0 N–H and O–H groups in total. The second-order valence-electron chi connectivity index (χ2n) is 7.43. The van der Waals surface area contributed by atoms with Crippen LogP contribution in [0.5, 0.6) is 0 Å². The summed E-state index contributed by atoms with van der Waals surface area (Å²) >= 11 is 11.9. The number of rotatable bonds is 6. The molecule has 0 aliphatic carbocycles. The highest BCUT2D eigenvalue weighted by molar-refractivity contribution is 9.10. The highest BCUT2D eigenvalue weighted by atomic mass is 79.9. The Kier molecular flexibility index (Phi) is 6.30. The van der Waals surface area contributed by atoms with Crippen LogP contribution in [-0.2, 0) is 4.74 Å². The Morgan fingerprint density at radius 1 is 1.15 bits per heavy atom. The predicted octanol–water partition coefficient (Wildman–Crippen LogP) is 7.96. The number of hydrogen-bond donors (Lipinski definition) is 0. The van der Waals surface area contributed by atoms with Crippen molar-refractivity contribution in [1.29, 1.82) is 0 Å². The molecular formula is C21H23BrClOSSi. The molecule has 0 saturated heterocycles. The summed E-state index contributed by atoms with van der Waals surface area (Å²) in [5.74, 6) is 0. The summed E-state index contributed by atoms with van der Waals surface area (Å²) in [7, 11) is -0.475. The van der Waals surface area contributed by atoms with Gasteiger partial charge in [-0.15, -0.1) is 11.3 Å². The molecular weight excluding hydrogens is 444 g/mol. The van der Waals surface area contributed by atoms with E-state index < -0.39 is 8.80 Å². The van der Waals surface area contributed by atoms with E-state index in [0.29, 0.717) is 0 Å². The molecule has 0 bridgehead atoms. The maximum absolute atomic E-state index is 6.56. The molecule has 3 aromatic rings. The lowest BCUT2D eigenvalue weighted by atomic mass is 10.1. The van der Waals surface area contributed by atoms with Gasteiger partial charge in [0.1, 0.15) is 6.10 Å². The Hall–Kier alpha value is -0.653. The van der Waals surface area contributed by atoms with Crippen molar-refractivity contribution in [3.05, 3.63) is 68.5 Å². The predicted molar refractivity (Wildman–Crippen MR) is 120 cm³/mol. The van der Waals surface area contributed by atoms with E-state index >= 15 is 0 Å². The third-order valence-electron chi connectivity index (χ3n) is 4.91. The summed E-state index contributed by atoms with van der Waals surface area (Å²) < 4.78 is 8.83. The van der Waals surface area contributed by atoms with Gasteiger partial charge in [-0.05, 0) is 40.8 Å². The first kappa shape index (κ1) is 20.1. The molecule has 3 rings (SSSR count). The maximum Gasteiger partial charge on any atom is 0.118 e. The van der Waals surface area contributed by atoms with Gasteiger partial charge in [0.05, 0.1) is 15.4 Å². The van der Waals surface area contributed by atoms with Crippen molar-refractivity contribution in [3.8, 4) is 0 Å². The van der Waals surface area contributed by atoms with Crippen LogP contribution in [0.15, 0.2) is 53.0 Å². The largest absolute Gasteiger partial charge is 0.368 e. The molecule has 1 aromatic heterocycles. The van der Waals surface area contributed by atoms with E-state index in [-0.39, 0.29) is 11.1 Å². The molecule has 26 heavy (non-hydrogen) atoms. The molecule has 0 spiro atoms. The Bertz CT molecular complexity index is 873. The van der Waals surface area contributed by atoms with E-state index in [0.717, 1.165) is 21.7 Å². The van der Waals surface area contributed by atoms with E-state index in [1.54, 1.807) is 11.3 Å². The van der Waals surface area contributed by atoms with E-state index in [9.17, 15) is 0 Å². The molecule has 1 nitrogen and oxygen atoms in total. The lowest BCUT2D eigenvalue weighted by Crippen LogP contribution is -2.27. The van der Waals surface area contributed by atoms with Crippen molar-refractivity contribution < 1.29 is 4.74 Å². The number of thiophene rings is 1. The van der Waals surface area contributed by atoms with Crippen molar-refractivity contribution in [3.63, 3.8) is 0 Å². The fraction of sp³-hybridized carbons (Fsp3) is 0.333. The summed E-state index contributed by atoms with van der Waals surface area (Å²) in [6.45, 7) is 10.00. The summed E-state index contributed by atoms with van der Waals surface area (Å²) in [5.41, 5.74) is 1.02. The van der Waals surface area contributed by atoms with Crippen LogP contribution >= 0.6 is 38.9 Å². The highest BCUT2D eigenvalue weighted by Gasteiger charge is 2.28. The van der Waals surface area contributed by atoms with E-state index in [2.05, 4.69) is 79.3 Å². The van der Waals surface area contributed by atoms with E-state index in [1.165, 1.54) is 15.0 Å². The fourth-order valence-electron chi connectivity index (χ4n) is 2.61. The smallest absolute Gasteiger partial charge is 0.118 e. The van der Waals surface area contributed by atoms with Gasteiger partial charge in [0.25, 0.3) is 0 Å². The van der Waals surface area contributed by atoms with E-state index in [1.807, 2.05) is 12.1 Å². The first-order valence-electron chi connectivity index (χ1n) is 8.63. The molecule has 1 heterocycles. The van der Waals surface area contributed by atoms with Crippen LogP contribution in [-0.4, -0.2) is 15.4 Å². The third-order valence-corrected chi connectivity index (χ3v) is 9.76. The normalized spacial score (nSPS) is 13.5. The van der Waals surface area contributed by atoms with Gasteiger partial charge in [-0.2, -0.15) is 0 Å². The summed E-state index contributed by atoms with van der Waals surface area (Å²) in [4.78, 5) is 1.20. The molecule has 137 valence electrons. The van der Waals surface area contributed by atoms with Gasteiger partial charge in [-0.3, -0.25) is 0 Å². The number of ether oxygens (including phenoxy) is 1. The van der Waals surface area contributed by atoms with Crippen LogP contribution < -0.4 is 0 Å². The zero-order chi connectivity index (χ0) is 18.9. The lowest BCUT2D eigenvalue weighted by Gasteiger charge is -2.30. The van der Waals surface area contributed by atoms with Gasteiger partial charge in [-0.25, -0.2) is 0 Å². The van der Waals surface area contributed by atoms with Crippen LogP contribution in [0.2, 0.25) is 23.2 Å². The van der Waals surface area contributed by atoms with Crippen molar-refractivity contribution in [2.24, 2.45) is 0 Å². The standard InChI is InChI=1S/C21H23BrClOSSi/c1-21(2,26(3)4)13-24-20(16-12-15(22)9-10-17(16)23)19-11-14-7-5-6-8-18(14)25-19/h5-12,20H,13H2,1-4H3. The van der Waals surface area contributed by atoms with Crippen molar-refractivity contribution in [2.45, 2.75) is 38.1 Å². The van der Waals surface area contributed by atoms with Crippen molar-refractivity contribution >= 4 is 57.8 Å². The van der Waals surface area contributed by atoms with Crippen LogP contribution in [0.25, 0.3) is 10.1 Å². The van der Waals surface area contributed by atoms with Gasteiger partial charge >= 0.3 is 0 Å². The minimum Gasteiger partial charge on any atom is -0.368 e. The molecule has 1 radical (unpaired) electrons. The van der Waals surface area contributed by atoms with Crippen LogP contribution in [0, 0.1) is 0 Å². The molecule has 1 unspecified atom stereocenters. The molecule has 0 aliphatic rings. The summed E-state index contributed by atoms with van der Waals surface area (Å²) in [6.07, 6.45) is -0.155. The van der Waals surface area contributed by atoms with Gasteiger partial charge in [-0.1, -0.05) is 72.7 Å². The quantitative estimate of drug-likeness (QED) is 0.335. The zero-order valence-electron chi connectivity index (χ0n) is 15.5. The van der Waals surface area contributed by atoms with Crippen molar-refractivity contribution in [1.82, 2.24) is 0 Å². The monoisotopic (exact) mass is 465 g/mol. The van der Waals surface area contributed by atoms with Gasteiger partial charge in [0.15, 0.2) is 0 Å². The first-order chi connectivity index (χ1) is 12.3. The summed E-state index contributed by atoms with van der Waals surface area (Å²) in [5, 5.41) is 2.19. The molecule has 2 aromatic carbocycles. The molecule has 1 atom stereocenters. The maximum atomic E-state index is 6.56. The number of hydrogen-bond acceptors (Lipinski definition) is 2. The average molecular weight is 467 g/mol. The second kappa shape index (κ2) is 8.15. The third kappa shape index (κ3) is 4.42. The molecule has 0 fully saturated rings. The SMILES string of the molecule is C[Si](C)C(C)(C)COC(c1cc2ccccc2s1)c1cc(Br)ccc1Cl. The number of fused-ring (bicyclic) bond motifs is 1. The fourth-order valence-corrected chi connectivity index (χ4v) is 4.71. The second-order valence-corrected chi connectivity index (χ2v) is 13.2. The minimum atomic E-state index is -0.475. The minimum absolute atomic E-state index is 0.155. The Balaban J connectivity index is 2.02. The Morgan fingerprint density at radius 3 is 2.58 bits per heavy atom. The van der Waals surface area contributed by atoms with Gasteiger partial charge in [0.2, 0.25) is 0 Å². The summed E-state index contributed by atoms with van der Waals surface area (Å²) in [6, 6.07) is 16.7. The van der Waals surface area contributed by atoms with Crippen LogP contribution in [0.3, 0.4) is 0 Å². The van der Waals surface area contributed by atoms with Gasteiger partial charge < -0.3 is 4.74 Å². The Morgan fingerprint density at radius 2 is 1.88 bits per heavy atom. The number of benzene rings is 2. The zero-order valence-corrected chi connectivity index (χ0v) is 19.6. The molecule has 0 aliphatic heterocycles. The van der Waals surface area contributed by atoms with Crippen molar-refractivity contribution in [2.75, 3.05) is 6.61 Å². The number of halogens is 2. The van der Waals surface area contributed by atoms with Crippen LogP contribution in [0.4, 0.5) is 0 Å². The first-order valence-corrected chi connectivity index (χ1v) is 13.1. The highest BCUT2D eigenvalue weighted by Crippen LogP contribution is 2.41. The Labute approximate surface area is 175 Å². The molecule has 0 amide bonds. The molecule has 0 saturated carbocycles. The van der Waals surface area contributed by atoms with Crippen LogP contribution in [0.1, 0.15) is 30.4 Å². The average Bonchev–Trinajstić information content (AvgIpc) is 3.01. The lowest BCUT2D eigenvalue weighted by molar-refractivity contribution is 0.0655. The topological polar surface area (TPSA) is 9.23 Å². The van der Waals surface area contributed by atoms with E-state index in [4.69, 9.17) is 16.3 Å². The molecule has 5 heteroatoms.